The molecule has 0 saturated carbocycles. The van der Waals surface area contributed by atoms with Gasteiger partial charge in [-0.1, -0.05) is 6.42 Å². The highest BCUT2D eigenvalue weighted by molar-refractivity contribution is 5.54. The lowest BCUT2D eigenvalue weighted by molar-refractivity contribution is 0.259. The second-order valence-corrected chi connectivity index (χ2v) is 5.15. The van der Waals surface area contributed by atoms with Crippen molar-refractivity contribution in [3.8, 4) is 17.2 Å². The van der Waals surface area contributed by atoms with Gasteiger partial charge in [0.05, 0.1) is 19.8 Å². The molecule has 1 N–H and O–H groups in total. The number of piperidine rings is 1. The average molecular weight is 293 g/mol. The topological polar surface area (TPSA) is 39.7 Å². The standard InChI is InChI=1S/C17H27NO3/c1-4-19-15-11-13(14-9-7-8-10-18-14)12-16(20-5-2)17(15)21-6-3/h11-12,14,18H,4-10H2,1-3H3. The molecule has 0 bridgehead atoms. The van der Waals surface area contributed by atoms with E-state index >= 15 is 0 Å². The van der Waals surface area contributed by atoms with Crippen molar-refractivity contribution < 1.29 is 14.2 Å². The van der Waals surface area contributed by atoms with Gasteiger partial charge in [0, 0.05) is 6.04 Å². The van der Waals surface area contributed by atoms with Crippen LogP contribution in [0.5, 0.6) is 17.2 Å². The van der Waals surface area contributed by atoms with Crippen molar-refractivity contribution in [2.24, 2.45) is 0 Å². The number of hydrogen-bond donors (Lipinski definition) is 1. The summed E-state index contributed by atoms with van der Waals surface area (Å²) >= 11 is 0. The third-order valence-corrected chi connectivity index (χ3v) is 3.64. The third-order valence-electron chi connectivity index (χ3n) is 3.64. The molecule has 1 fully saturated rings. The minimum Gasteiger partial charge on any atom is -0.490 e. The zero-order chi connectivity index (χ0) is 15.1. The van der Waals surface area contributed by atoms with Gasteiger partial charge in [0.1, 0.15) is 0 Å². The molecule has 1 atom stereocenters. The van der Waals surface area contributed by atoms with Gasteiger partial charge in [0.2, 0.25) is 5.75 Å². The Bertz CT molecular complexity index is 415. The predicted octanol–water partition coefficient (Wildman–Crippen LogP) is 3.70. The van der Waals surface area contributed by atoms with Gasteiger partial charge in [0.25, 0.3) is 0 Å². The van der Waals surface area contributed by atoms with Crippen molar-refractivity contribution in [1.82, 2.24) is 5.32 Å². The quantitative estimate of drug-likeness (QED) is 0.832. The van der Waals surface area contributed by atoms with Gasteiger partial charge in [-0.15, -0.1) is 0 Å². The summed E-state index contributed by atoms with van der Waals surface area (Å²) in [6.07, 6.45) is 3.67. The van der Waals surface area contributed by atoms with Gasteiger partial charge < -0.3 is 19.5 Å². The largest absolute Gasteiger partial charge is 0.490 e. The number of hydrogen-bond acceptors (Lipinski definition) is 4. The molecule has 1 aromatic carbocycles. The van der Waals surface area contributed by atoms with E-state index in [-0.39, 0.29) is 0 Å². The Balaban J connectivity index is 2.36. The predicted molar refractivity (Wildman–Crippen MR) is 84.5 cm³/mol. The van der Waals surface area contributed by atoms with Crippen LogP contribution in [-0.2, 0) is 0 Å². The van der Waals surface area contributed by atoms with E-state index in [1.54, 1.807) is 0 Å². The van der Waals surface area contributed by atoms with Gasteiger partial charge in [0.15, 0.2) is 11.5 Å². The van der Waals surface area contributed by atoms with E-state index in [1.807, 2.05) is 20.8 Å². The van der Waals surface area contributed by atoms with Crippen molar-refractivity contribution in [2.45, 2.75) is 46.1 Å². The molecule has 1 aromatic rings. The van der Waals surface area contributed by atoms with Crippen LogP contribution in [0, 0.1) is 0 Å². The molecule has 1 heterocycles. The molecule has 0 amide bonds. The Morgan fingerprint density at radius 3 is 2.05 bits per heavy atom. The molecule has 1 saturated heterocycles. The molecular weight excluding hydrogens is 266 g/mol. The van der Waals surface area contributed by atoms with E-state index in [4.69, 9.17) is 14.2 Å². The maximum absolute atomic E-state index is 5.78. The molecule has 118 valence electrons. The first-order valence-electron chi connectivity index (χ1n) is 8.09. The molecule has 0 aromatic heterocycles. The minimum atomic E-state index is 0.382. The Labute approximate surface area is 127 Å². The monoisotopic (exact) mass is 293 g/mol. The van der Waals surface area contributed by atoms with Crippen molar-refractivity contribution in [2.75, 3.05) is 26.4 Å². The van der Waals surface area contributed by atoms with Gasteiger partial charge in [-0.2, -0.15) is 0 Å². The van der Waals surface area contributed by atoms with Crippen LogP contribution in [0.15, 0.2) is 12.1 Å². The highest BCUT2D eigenvalue weighted by Crippen LogP contribution is 2.41. The molecule has 1 aliphatic heterocycles. The van der Waals surface area contributed by atoms with E-state index in [2.05, 4.69) is 17.4 Å². The average Bonchev–Trinajstić information content (AvgIpc) is 2.51. The Kier molecular flexibility index (Phi) is 6.18. The molecule has 0 radical (unpaired) electrons. The molecule has 1 aliphatic rings. The highest BCUT2D eigenvalue weighted by atomic mass is 16.5. The fourth-order valence-corrected chi connectivity index (χ4v) is 2.75. The fraction of sp³-hybridized carbons (Fsp3) is 0.647. The van der Waals surface area contributed by atoms with E-state index in [0.717, 1.165) is 30.2 Å². The lowest BCUT2D eigenvalue weighted by atomic mass is 9.97. The van der Waals surface area contributed by atoms with Crippen LogP contribution in [-0.4, -0.2) is 26.4 Å². The first-order valence-corrected chi connectivity index (χ1v) is 8.09. The number of benzene rings is 1. The summed E-state index contributed by atoms with van der Waals surface area (Å²) in [5, 5.41) is 3.57. The summed E-state index contributed by atoms with van der Waals surface area (Å²) < 4.78 is 17.3. The lowest BCUT2D eigenvalue weighted by Crippen LogP contribution is -2.26. The van der Waals surface area contributed by atoms with E-state index in [1.165, 1.54) is 18.4 Å². The Hall–Kier alpha value is -1.42. The van der Waals surface area contributed by atoms with Crippen molar-refractivity contribution in [1.29, 1.82) is 0 Å². The maximum atomic E-state index is 5.78. The van der Waals surface area contributed by atoms with Gasteiger partial charge in [-0.3, -0.25) is 0 Å². The number of rotatable bonds is 7. The van der Waals surface area contributed by atoms with Crippen LogP contribution in [0.3, 0.4) is 0 Å². The summed E-state index contributed by atoms with van der Waals surface area (Å²) in [5.74, 6) is 2.29. The zero-order valence-corrected chi connectivity index (χ0v) is 13.4. The summed E-state index contributed by atoms with van der Waals surface area (Å²) in [4.78, 5) is 0. The Morgan fingerprint density at radius 2 is 1.57 bits per heavy atom. The Morgan fingerprint density at radius 1 is 0.952 bits per heavy atom. The summed E-state index contributed by atoms with van der Waals surface area (Å²) in [5.41, 5.74) is 1.23. The maximum Gasteiger partial charge on any atom is 0.203 e. The highest BCUT2D eigenvalue weighted by Gasteiger charge is 2.21. The second kappa shape index (κ2) is 8.13. The van der Waals surface area contributed by atoms with Crippen LogP contribution >= 0.6 is 0 Å². The van der Waals surface area contributed by atoms with Gasteiger partial charge in [-0.05, 0) is 57.9 Å². The molecule has 0 aliphatic carbocycles. The van der Waals surface area contributed by atoms with E-state index in [9.17, 15) is 0 Å². The van der Waals surface area contributed by atoms with Crippen LogP contribution < -0.4 is 19.5 Å². The van der Waals surface area contributed by atoms with E-state index < -0.39 is 0 Å². The smallest absolute Gasteiger partial charge is 0.203 e. The molecule has 4 heteroatoms. The van der Waals surface area contributed by atoms with Crippen LogP contribution in [0.25, 0.3) is 0 Å². The van der Waals surface area contributed by atoms with Crippen LogP contribution in [0.2, 0.25) is 0 Å². The van der Waals surface area contributed by atoms with Crippen LogP contribution in [0.4, 0.5) is 0 Å². The van der Waals surface area contributed by atoms with Crippen molar-refractivity contribution in [3.05, 3.63) is 17.7 Å². The first-order chi connectivity index (χ1) is 10.3. The molecule has 21 heavy (non-hydrogen) atoms. The van der Waals surface area contributed by atoms with Gasteiger partial charge >= 0.3 is 0 Å². The lowest BCUT2D eigenvalue weighted by Gasteiger charge is -2.25. The van der Waals surface area contributed by atoms with Crippen molar-refractivity contribution >= 4 is 0 Å². The van der Waals surface area contributed by atoms with E-state index in [0.29, 0.717) is 25.9 Å². The second-order valence-electron chi connectivity index (χ2n) is 5.15. The number of nitrogens with one attached hydrogen (secondary N) is 1. The molecule has 4 nitrogen and oxygen atoms in total. The normalized spacial score (nSPS) is 18.3. The molecule has 0 spiro atoms. The molecule has 1 unspecified atom stereocenters. The SMILES string of the molecule is CCOc1cc(C2CCCCN2)cc(OCC)c1OCC. The first kappa shape index (κ1) is 16.0. The third kappa shape index (κ3) is 4.03. The minimum absolute atomic E-state index is 0.382. The van der Waals surface area contributed by atoms with Crippen LogP contribution in [0.1, 0.15) is 51.6 Å². The van der Waals surface area contributed by atoms with Crippen molar-refractivity contribution in [3.63, 3.8) is 0 Å². The number of ether oxygens (including phenoxy) is 3. The molecular formula is C17H27NO3. The fourth-order valence-electron chi connectivity index (χ4n) is 2.75. The summed E-state index contributed by atoms with van der Waals surface area (Å²) in [6.45, 7) is 8.86. The summed E-state index contributed by atoms with van der Waals surface area (Å²) in [7, 11) is 0. The van der Waals surface area contributed by atoms with Gasteiger partial charge in [-0.25, -0.2) is 0 Å². The zero-order valence-electron chi connectivity index (χ0n) is 13.4. The summed E-state index contributed by atoms with van der Waals surface area (Å²) in [6, 6.07) is 4.58. The molecule has 2 rings (SSSR count).